The van der Waals surface area contributed by atoms with Gasteiger partial charge in [0.25, 0.3) is 0 Å². The van der Waals surface area contributed by atoms with Crippen LogP contribution in [0.2, 0.25) is 5.02 Å². The summed E-state index contributed by atoms with van der Waals surface area (Å²) in [6, 6.07) is 4.93. The topological polar surface area (TPSA) is 96.5 Å². The summed E-state index contributed by atoms with van der Waals surface area (Å²) in [5.74, 6) is -1.14. The molecule has 1 amide bonds. The molecule has 30 heavy (non-hydrogen) atoms. The van der Waals surface area contributed by atoms with E-state index in [4.69, 9.17) is 22.4 Å². The number of nitrogens with two attached hydrogens (primary N) is 1. The normalized spacial score (nSPS) is 12.9. The van der Waals surface area contributed by atoms with E-state index in [-0.39, 0.29) is 11.5 Å². The molecule has 0 bridgehead atoms. The summed E-state index contributed by atoms with van der Waals surface area (Å²) < 4.78 is 0. The highest BCUT2D eigenvalue weighted by atomic mass is 35.5. The number of aromatic carboxylic acids is 1. The second-order valence-corrected chi connectivity index (χ2v) is 8.03. The predicted molar refractivity (Wildman–Crippen MR) is 121 cm³/mol. The first-order valence-corrected chi connectivity index (χ1v) is 11.1. The third-order valence-electron chi connectivity index (χ3n) is 5.19. The van der Waals surface area contributed by atoms with E-state index in [1.165, 1.54) is 0 Å². The van der Waals surface area contributed by atoms with Crippen molar-refractivity contribution in [3.05, 3.63) is 40.0 Å². The molecule has 1 heterocycles. The zero-order chi connectivity index (χ0) is 22.1. The van der Waals surface area contributed by atoms with Crippen molar-refractivity contribution in [1.29, 1.82) is 0 Å². The number of benzene rings is 1. The lowest BCUT2D eigenvalue weighted by Crippen LogP contribution is -2.29. The summed E-state index contributed by atoms with van der Waals surface area (Å²) in [4.78, 5) is 28.3. The number of aromatic nitrogens is 1. The third kappa shape index (κ3) is 6.67. The van der Waals surface area contributed by atoms with Crippen LogP contribution < -0.4 is 5.73 Å². The van der Waals surface area contributed by atoms with Crippen LogP contribution in [-0.2, 0) is 17.6 Å². The molecule has 7 heteroatoms. The van der Waals surface area contributed by atoms with Gasteiger partial charge in [0.1, 0.15) is 0 Å². The van der Waals surface area contributed by atoms with Crippen molar-refractivity contribution < 1.29 is 14.7 Å². The Bertz CT molecular complexity index is 880. The molecule has 0 radical (unpaired) electrons. The fourth-order valence-corrected chi connectivity index (χ4v) is 4.10. The maximum absolute atomic E-state index is 11.0. The fourth-order valence-electron chi connectivity index (χ4n) is 3.74. The van der Waals surface area contributed by atoms with Crippen LogP contribution in [0.25, 0.3) is 10.9 Å². The van der Waals surface area contributed by atoms with Crippen LogP contribution in [0.3, 0.4) is 0 Å². The number of carboxylic acid groups (broad SMARTS) is 1. The number of pyridine rings is 1. The fraction of sp³-hybridized carbons (Fsp3) is 0.522. The molecule has 6 nitrogen and oxygen atoms in total. The molecule has 0 unspecified atom stereocenters. The molecule has 1 aliphatic rings. The molecule has 0 fully saturated rings. The quantitative estimate of drug-likeness (QED) is 0.641. The van der Waals surface area contributed by atoms with Gasteiger partial charge >= 0.3 is 5.97 Å². The lowest BCUT2D eigenvalue weighted by atomic mass is 9.94. The van der Waals surface area contributed by atoms with Crippen molar-refractivity contribution in [2.24, 2.45) is 5.73 Å². The number of hydrogen-bond donors (Lipinski definition) is 2. The van der Waals surface area contributed by atoms with Gasteiger partial charge in [0.15, 0.2) is 0 Å². The molecule has 2 aromatic rings. The number of carbonyl (C=O) groups excluding carboxylic acids is 1. The van der Waals surface area contributed by atoms with Crippen LogP contribution in [0.5, 0.6) is 0 Å². The Morgan fingerprint density at radius 3 is 2.40 bits per heavy atom. The van der Waals surface area contributed by atoms with E-state index in [0.717, 1.165) is 79.8 Å². The molecule has 0 aliphatic heterocycles. The monoisotopic (exact) mass is 433 g/mol. The van der Waals surface area contributed by atoms with Crippen LogP contribution in [0, 0.1) is 0 Å². The highest BCUT2D eigenvalue weighted by Crippen LogP contribution is 2.33. The second-order valence-electron chi connectivity index (χ2n) is 7.65. The van der Waals surface area contributed by atoms with Crippen LogP contribution in [0.1, 0.15) is 67.6 Å². The number of fused-ring (bicyclic) bond motifs is 2. The number of primary amides is 1. The van der Waals surface area contributed by atoms with Gasteiger partial charge in [-0.15, -0.1) is 0 Å². The Hall–Kier alpha value is -2.18. The minimum absolute atomic E-state index is 0.202. The van der Waals surface area contributed by atoms with E-state index in [9.17, 15) is 9.59 Å². The first-order chi connectivity index (χ1) is 14.4. The third-order valence-corrected chi connectivity index (χ3v) is 5.63. The predicted octanol–water partition coefficient (Wildman–Crippen LogP) is 4.45. The zero-order valence-corrected chi connectivity index (χ0v) is 18.7. The van der Waals surface area contributed by atoms with E-state index in [1.54, 1.807) is 18.2 Å². The van der Waals surface area contributed by atoms with E-state index < -0.39 is 5.97 Å². The van der Waals surface area contributed by atoms with Crippen molar-refractivity contribution in [3.63, 3.8) is 0 Å². The second kappa shape index (κ2) is 11.9. The number of hydrogen-bond acceptors (Lipinski definition) is 4. The van der Waals surface area contributed by atoms with Crippen LogP contribution in [0.15, 0.2) is 18.2 Å². The van der Waals surface area contributed by atoms with Gasteiger partial charge in [-0.3, -0.25) is 9.78 Å². The minimum Gasteiger partial charge on any atom is -0.478 e. The number of carboxylic acids is 1. The molecule has 3 N–H and O–H groups in total. The van der Waals surface area contributed by atoms with Crippen LogP contribution in [-0.4, -0.2) is 46.5 Å². The number of nitrogens with zero attached hydrogens (tertiary/aromatic N) is 2. The number of halogens is 1. The van der Waals surface area contributed by atoms with Gasteiger partial charge in [-0.25, -0.2) is 4.79 Å². The summed E-state index contributed by atoms with van der Waals surface area (Å²) in [6.45, 7) is 7.25. The molecular formula is C23H32ClN3O3. The Kier molecular flexibility index (Phi) is 9.53. The standard InChI is InChI=1S/C14H12ClNO2.C9H20N2O/c15-13-9-3-1-2-4-11(9)16-12-7-8(14(17)18)5-6-10(12)13;1-3-6-11(7-4-2)8-5-9(10)12/h5-7H,1-4H2,(H,17,18);3-8H2,1-2H3,(H2,10,12). The van der Waals surface area contributed by atoms with Crippen molar-refractivity contribution in [1.82, 2.24) is 9.88 Å². The highest BCUT2D eigenvalue weighted by Gasteiger charge is 2.17. The van der Waals surface area contributed by atoms with Gasteiger partial charge in [0.05, 0.1) is 16.1 Å². The molecule has 164 valence electrons. The van der Waals surface area contributed by atoms with Crippen molar-refractivity contribution in [2.75, 3.05) is 19.6 Å². The molecule has 0 saturated carbocycles. The smallest absolute Gasteiger partial charge is 0.335 e. The SMILES string of the molecule is CCCN(CCC)CCC(N)=O.O=C(O)c1ccc2c(Cl)c3c(nc2c1)CCCC3. The molecule has 1 aromatic carbocycles. The molecule has 1 aromatic heterocycles. The van der Waals surface area contributed by atoms with Crippen LogP contribution >= 0.6 is 11.6 Å². The van der Waals surface area contributed by atoms with Gasteiger partial charge in [-0.1, -0.05) is 31.5 Å². The molecule has 0 spiro atoms. The summed E-state index contributed by atoms with van der Waals surface area (Å²) in [6.07, 6.45) is 6.94. The minimum atomic E-state index is -0.937. The lowest BCUT2D eigenvalue weighted by Gasteiger charge is -2.19. The molecule has 3 rings (SSSR count). The number of rotatable bonds is 8. The summed E-state index contributed by atoms with van der Waals surface area (Å²) in [5, 5.41) is 10.6. The number of aryl methyl sites for hydroxylation is 1. The van der Waals surface area contributed by atoms with E-state index in [0.29, 0.717) is 11.9 Å². The first kappa shape index (κ1) is 24.1. The van der Waals surface area contributed by atoms with Crippen molar-refractivity contribution >= 4 is 34.4 Å². The highest BCUT2D eigenvalue weighted by molar-refractivity contribution is 6.36. The van der Waals surface area contributed by atoms with Crippen molar-refractivity contribution in [3.8, 4) is 0 Å². The van der Waals surface area contributed by atoms with Crippen LogP contribution in [0.4, 0.5) is 0 Å². The number of carbonyl (C=O) groups is 2. The maximum Gasteiger partial charge on any atom is 0.335 e. The average molecular weight is 434 g/mol. The summed E-state index contributed by atoms with van der Waals surface area (Å²) in [7, 11) is 0. The lowest BCUT2D eigenvalue weighted by molar-refractivity contribution is -0.118. The van der Waals surface area contributed by atoms with Gasteiger partial charge in [0, 0.05) is 24.0 Å². The van der Waals surface area contributed by atoms with Crippen molar-refractivity contribution in [2.45, 2.75) is 58.8 Å². The Morgan fingerprint density at radius 1 is 1.13 bits per heavy atom. The average Bonchev–Trinajstić information content (AvgIpc) is 2.72. The molecule has 0 atom stereocenters. The summed E-state index contributed by atoms with van der Waals surface area (Å²) in [5.41, 5.74) is 8.17. The van der Waals surface area contributed by atoms with E-state index in [2.05, 4.69) is 23.7 Å². The first-order valence-electron chi connectivity index (χ1n) is 10.7. The van der Waals surface area contributed by atoms with E-state index in [1.807, 2.05) is 0 Å². The Balaban J connectivity index is 0.000000235. The Morgan fingerprint density at radius 2 is 1.80 bits per heavy atom. The van der Waals surface area contributed by atoms with Gasteiger partial charge in [-0.2, -0.15) is 0 Å². The van der Waals surface area contributed by atoms with Gasteiger partial charge in [-0.05, 0) is 69.3 Å². The molecule has 0 saturated heterocycles. The zero-order valence-electron chi connectivity index (χ0n) is 17.9. The molecule has 1 aliphatic carbocycles. The Labute approximate surface area is 183 Å². The molecular weight excluding hydrogens is 402 g/mol. The van der Waals surface area contributed by atoms with Gasteiger partial charge < -0.3 is 15.7 Å². The maximum atomic E-state index is 11.0. The largest absolute Gasteiger partial charge is 0.478 e. The number of amides is 1. The van der Waals surface area contributed by atoms with Gasteiger partial charge in [0.2, 0.25) is 5.91 Å². The van der Waals surface area contributed by atoms with E-state index >= 15 is 0 Å². The summed E-state index contributed by atoms with van der Waals surface area (Å²) >= 11 is 6.40.